The lowest BCUT2D eigenvalue weighted by Crippen LogP contribution is -2.57. The third-order valence-electron chi connectivity index (χ3n) is 10.5. The van der Waals surface area contributed by atoms with Crippen molar-refractivity contribution in [2.24, 2.45) is 11.8 Å². The molecule has 11 heteroatoms. The van der Waals surface area contributed by atoms with Crippen molar-refractivity contribution < 1.29 is 33.8 Å². The highest BCUT2D eigenvalue weighted by Gasteiger charge is 2.77. The summed E-state index contributed by atoms with van der Waals surface area (Å²) in [5.41, 5.74) is 1.91. The zero-order valence-corrected chi connectivity index (χ0v) is 30.9. The van der Waals surface area contributed by atoms with Crippen LogP contribution in [0.1, 0.15) is 55.4 Å². The van der Waals surface area contributed by atoms with Gasteiger partial charge in [-0.25, -0.2) is 0 Å². The Balaban J connectivity index is 1.53. The van der Waals surface area contributed by atoms with Gasteiger partial charge >= 0.3 is 5.97 Å². The molecule has 3 aliphatic heterocycles. The number of alkyl halides is 1. The van der Waals surface area contributed by atoms with Gasteiger partial charge in [-0.3, -0.25) is 19.2 Å². The number of amides is 3. The second-order valence-corrected chi connectivity index (χ2v) is 14.8. The number of para-hydroxylation sites is 1. The minimum Gasteiger partial charge on any atom is -0.455 e. The van der Waals surface area contributed by atoms with Crippen LogP contribution in [-0.2, 0) is 28.7 Å². The van der Waals surface area contributed by atoms with E-state index in [9.17, 15) is 24.3 Å². The van der Waals surface area contributed by atoms with E-state index in [1.807, 2.05) is 69.3 Å². The zero-order valence-electron chi connectivity index (χ0n) is 29.3. The number of carbonyl (C=O) groups is 4. The molecule has 8 atom stereocenters. The molecular weight excluding hydrogens is 702 g/mol. The molecule has 2 bridgehead atoms. The summed E-state index contributed by atoms with van der Waals surface area (Å²) in [6, 6.07) is 13.4. The predicted octanol–water partition coefficient (Wildman–Crippen LogP) is 5.05. The molecule has 0 aromatic heterocycles. The van der Waals surface area contributed by atoms with E-state index >= 15 is 0 Å². The van der Waals surface area contributed by atoms with Gasteiger partial charge in [0.2, 0.25) is 11.8 Å². The number of esters is 1. The summed E-state index contributed by atoms with van der Waals surface area (Å²) in [7, 11) is 1.69. The molecule has 3 heterocycles. The van der Waals surface area contributed by atoms with Gasteiger partial charge in [0.05, 0.1) is 24.0 Å². The summed E-state index contributed by atoms with van der Waals surface area (Å²) >= 11 is 3.74. The van der Waals surface area contributed by atoms with Gasteiger partial charge < -0.3 is 29.3 Å². The molecule has 5 rings (SSSR count). The van der Waals surface area contributed by atoms with Crippen LogP contribution in [0.25, 0.3) is 0 Å². The second-order valence-electron chi connectivity index (χ2n) is 13.6. The Morgan fingerprint density at radius 3 is 2.42 bits per heavy atom. The molecule has 2 aromatic carbocycles. The molecule has 1 spiro atoms. The Bertz CT molecular complexity index is 1600. The van der Waals surface area contributed by atoms with Crippen LogP contribution in [0.4, 0.5) is 5.69 Å². The van der Waals surface area contributed by atoms with Crippen LogP contribution in [0.2, 0.25) is 0 Å². The first kappa shape index (κ1) is 37.5. The molecule has 0 saturated carbocycles. The zero-order chi connectivity index (χ0) is 36.3. The van der Waals surface area contributed by atoms with Crippen LogP contribution < -0.4 is 4.90 Å². The van der Waals surface area contributed by atoms with Crippen molar-refractivity contribution in [2.75, 3.05) is 31.6 Å². The lowest BCUT2D eigenvalue weighted by molar-refractivity contribution is -0.164. The first-order valence-electron chi connectivity index (χ1n) is 17.3. The number of carbonyl (C=O) groups excluding carboxylic acids is 4. The van der Waals surface area contributed by atoms with Crippen molar-refractivity contribution in [3.63, 3.8) is 0 Å². The summed E-state index contributed by atoms with van der Waals surface area (Å²) in [6.07, 6.45) is 3.15. The molecule has 0 radical (unpaired) electrons. The van der Waals surface area contributed by atoms with Crippen LogP contribution in [0.15, 0.2) is 73.8 Å². The average molecular weight is 751 g/mol. The Hall–Kier alpha value is -3.80. The molecule has 3 fully saturated rings. The number of hydrogen-bond acceptors (Lipinski definition) is 7. The number of likely N-dealkylation sites (tertiary alicyclic amines) is 1. The number of ether oxygens (including phenoxy) is 2. The Kier molecular flexibility index (Phi) is 11.7. The van der Waals surface area contributed by atoms with E-state index in [0.717, 1.165) is 16.8 Å². The van der Waals surface area contributed by atoms with Crippen LogP contribution in [0.3, 0.4) is 0 Å². The highest BCUT2D eigenvalue weighted by molar-refractivity contribution is 9.09. The minimum atomic E-state index is -1.31. The maximum Gasteiger partial charge on any atom is 0.313 e. The largest absolute Gasteiger partial charge is 0.455 e. The third kappa shape index (κ3) is 6.67. The molecule has 3 aliphatic rings. The quantitative estimate of drug-likeness (QED) is 0.154. The van der Waals surface area contributed by atoms with Crippen molar-refractivity contribution in [1.29, 1.82) is 0 Å². The fourth-order valence-electron chi connectivity index (χ4n) is 8.08. The number of hydrogen-bond donors (Lipinski definition) is 1. The van der Waals surface area contributed by atoms with Gasteiger partial charge in [-0.05, 0) is 56.7 Å². The number of allylic oxidation sites excluding steroid dienone is 1. The van der Waals surface area contributed by atoms with E-state index < -0.39 is 47.7 Å². The summed E-state index contributed by atoms with van der Waals surface area (Å²) in [6.45, 7) is 13.4. The fourth-order valence-corrected chi connectivity index (χ4v) is 9.03. The Morgan fingerprint density at radius 2 is 1.80 bits per heavy atom. The van der Waals surface area contributed by atoms with Crippen molar-refractivity contribution in [3.05, 3.63) is 90.5 Å². The smallest absolute Gasteiger partial charge is 0.313 e. The number of aliphatic hydroxyl groups excluding tert-OH is 1. The van der Waals surface area contributed by atoms with Gasteiger partial charge in [0.15, 0.2) is 0 Å². The summed E-state index contributed by atoms with van der Waals surface area (Å²) in [5, 5.41) is 9.80. The van der Waals surface area contributed by atoms with E-state index in [-0.39, 0.29) is 55.1 Å². The van der Waals surface area contributed by atoms with Gasteiger partial charge in [0.25, 0.3) is 5.91 Å². The monoisotopic (exact) mass is 749 g/mol. The topological polar surface area (TPSA) is 117 Å². The number of nitrogens with zero attached hydrogens (tertiary/aromatic N) is 3. The second kappa shape index (κ2) is 15.6. The van der Waals surface area contributed by atoms with Crippen LogP contribution in [-0.4, -0.2) is 94.0 Å². The summed E-state index contributed by atoms with van der Waals surface area (Å²) in [5.74, 6) is -3.44. The molecular formula is C39H48BrN3O7. The standard InChI is InChI=1S/C39H48BrN3O7/c1-7-9-19-29(45)41(6)26(5)33(27-17-11-10-12-18-27)49-38(48)30-31-36(46)43(21-14-22-44)35(39(31)23-28(40)34(30)50-39)37(47)42(20-8-2)32-24(3)15-13-16-25(32)4/h7-8,10-13,15-18,26,28,30-31,33-35,44H,1-2,9,14,19-23H2,3-6H3/t26-,28?,30+,31-,33+,34+,35+,39-/m1/s1. The van der Waals surface area contributed by atoms with Gasteiger partial charge in [-0.2, -0.15) is 0 Å². The van der Waals surface area contributed by atoms with Gasteiger partial charge in [0.1, 0.15) is 17.7 Å². The van der Waals surface area contributed by atoms with Gasteiger partial charge in [-0.1, -0.05) is 76.6 Å². The number of anilines is 1. The number of aryl methyl sites for hydroxylation is 2. The molecule has 2 aromatic rings. The van der Waals surface area contributed by atoms with Crippen LogP contribution in [0.5, 0.6) is 0 Å². The van der Waals surface area contributed by atoms with E-state index in [1.165, 1.54) is 4.90 Å². The maximum atomic E-state index is 14.9. The normalized spacial score (nSPS) is 26.2. The molecule has 3 amide bonds. The third-order valence-corrected chi connectivity index (χ3v) is 11.4. The van der Waals surface area contributed by atoms with E-state index in [4.69, 9.17) is 9.47 Å². The van der Waals surface area contributed by atoms with Crippen molar-refractivity contribution in [3.8, 4) is 0 Å². The lowest BCUT2D eigenvalue weighted by Gasteiger charge is -2.38. The molecule has 10 nitrogen and oxygen atoms in total. The minimum absolute atomic E-state index is 0.114. The first-order chi connectivity index (χ1) is 23.9. The number of benzene rings is 2. The average Bonchev–Trinajstić information content (AvgIpc) is 3.70. The van der Waals surface area contributed by atoms with Crippen LogP contribution >= 0.6 is 15.9 Å². The summed E-state index contributed by atoms with van der Waals surface area (Å²) in [4.78, 5) is 61.4. The van der Waals surface area contributed by atoms with Gasteiger partial charge in [0, 0.05) is 43.7 Å². The highest BCUT2D eigenvalue weighted by Crippen LogP contribution is 2.60. The number of rotatable bonds is 15. The van der Waals surface area contributed by atoms with E-state index in [2.05, 4.69) is 29.1 Å². The van der Waals surface area contributed by atoms with Crippen LogP contribution in [0, 0.1) is 25.7 Å². The lowest BCUT2D eigenvalue weighted by atomic mass is 9.70. The molecule has 0 aliphatic carbocycles. The molecule has 268 valence electrons. The molecule has 50 heavy (non-hydrogen) atoms. The molecule has 3 saturated heterocycles. The summed E-state index contributed by atoms with van der Waals surface area (Å²) < 4.78 is 13.1. The number of likely N-dealkylation sites (N-methyl/N-ethyl adjacent to an activating group) is 1. The van der Waals surface area contributed by atoms with E-state index in [0.29, 0.717) is 18.4 Å². The fraction of sp³-hybridized carbons (Fsp3) is 0.487. The Labute approximate surface area is 303 Å². The maximum absolute atomic E-state index is 14.9. The highest BCUT2D eigenvalue weighted by atomic mass is 79.9. The van der Waals surface area contributed by atoms with E-state index in [1.54, 1.807) is 29.0 Å². The van der Waals surface area contributed by atoms with Crippen molar-refractivity contribution >= 4 is 45.3 Å². The number of halogens is 1. The molecule has 1 unspecified atom stereocenters. The number of fused-ring (bicyclic) bond motifs is 1. The predicted molar refractivity (Wildman–Crippen MR) is 195 cm³/mol. The first-order valence-corrected chi connectivity index (χ1v) is 18.2. The van der Waals surface area contributed by atoms with Crippen molar-refractivity contribution in [1.82, 2.24) is 9.80 Å². The SMILES string of the molecule is C=CCCC(=O)N(C)[C@H](C)[C@H](OC(=O)[C@@H]1[C@H]2O[C@@]3(CC2Br)[C@H](C(=O)N(CC=C)c2c(C)cccc2C)N(CCCO)C(=O)[C@@H]13)c1ccccc1. The van der Waals surface area contributed by atoms with Gasteiger partial charge in [-0.15, -0.1) is 13.2 Å². The number of aliphatic hydroxyl groups is 1. The van der Waals surface area contributed by atoms with Crippen molar-refractivity contribution in [2.45, 2.75) is 81.2 Å². The Morgan fingerprint density at radius 1 is 1.12 bits per heavy atom. The molecule has 1 N–H and O–H groups in total.